The molecule has 15 heavy (non-hydrogen) atoms. The molecule has 1 aromatic heterocycles. The minimum absolute atomic E-state index is 0. The first-order valence-corrected chi connectivity index (χ1v) is 4.27. The molecule has 1 heterocycles. The molecule has 0 atom stereocenters. The number of benzene rings is 1. The van der Waals surface area contributed by atoms with E-state index >= 15 is 0 Å². The Hall–Kier alpha value is -1.30. The summed E-state index contributed by atoms with van der Waals surface area (Å²) in [6.07, 6.45) is 0. The van der Waals surface area contributed by atoms with E-state index in [4.69, 9.17) is 5.11 Å². The van der Waals surface area contributed by atoms with E-state index in [2.05, 4.69) is 4.98 Å². The third-order valence-electron chi connectivity index (χ3n) is 2.08. The second kappa shape index (κ2) is 4.48. The van der Waals surface area contributed by atoms with Crippen LogP contribution in [0.25, 0.3) is 10.9 Å². The van der Waals surface area contributed by atoms with Crippen LogP contribution in [0, 0.1) is 6.92 Å². The molecular weight excluding hydrogens is 185 g/mol. The maximum Gasteiger partial charge on any atom is 1.00 e. The van der Waals surface area contributed by atoms with E-state index < -0.39 is 5.97 Å². The van der Waals surface area contributed by atoms with Crippen molar-refractivity contribution in [2.75, 3.05) is 0 Å². The third-order valence-corrected chi connectivity index (χ3v) is 2.08. The third kappa shape index (κ3) is 2.38. The number of fused-ring (bicyclic) bond motifs is 1. The van der Waals surface area contributed by atoms with E-state index in [0.717, 1.165) is 16.6 Å². The molecule has 3 nitrogen and oxygen atoms in total. The Kier molecular flexibility index (Phi) is 3.51. The van der Waals surface area contributed by atoms with Gasteiger partial charge in [-0.2, -0.15) is 0 Å². The molecule has 2 rings (SSSR count). The quantitative estimate of drug-likeness (QED) is 0.615. The number of carboxylic acids is 1. The van der Waals surface area contributed by atoms with Crippen LogP contribution in [0.5, 0.6) is 0 Å². The zero-order valence-corrected chi connectivity index (χ0v) is 8.69. The largest absolute Gasteiger partial charge is 1.00 e. The predicted molar refractivity (Wildman–Crippen MR) is 54.6 cm³/mol. The van der Waals surface area contributed by atoms with Crippen LogP contribution in [-0.4, -0.2) is 16.1 Å². The summed E-state index contributed by atoms with van der Waals surface area (Å²) in [4.78, 5) is 15.0. The number of carbonyl (C=O) groups is 1. The van der Waals surface area contributed by atoms with Gasteiger partial charge in [0, 0.05) is 11.1 Å². The van der Waals surface area contributed by atoms with Crippen molar-refractivity contribution in [3.8, 4) is 0 Å². The molecule has 0 aliphatic heterocycles. The van der Waals surface area contributed by atoms with E-state index in [9.17, 15) is 4.79 Å². The average Bonchev–Trinajstić information content (AvgIpc) is 2.16. The standard InChI is InChI=1S/C11H9NO2.Li.H/c1-7-2-3-8-4-5-9(11(13)14)6-10(8)12-7;;/h2-6H,1H3,(H,13,14);;/q;+1;-1. The van der Waals surface area contributed by atoms with E-state index in [0.29, 0.717) is 0 Å². The van der Waals surface area contributed by atoms with Gasteiger partial charge in [-0.25, -0.2) is 4.79 Å². The first-order chi connectivity index (χ1) is 6.66. The summed E-state index contributed by atoms with van der Waals surface area (Å²) >= 11 is 0. The van der Waals surface area contributed by atoms with Crippen LogP contribution in [0.15, 0.2) is 30.3 Å². The summed E-state index contributed by atoms with van der Waals surface area (Å²) < 4.78 is 0. The number of aryl methyl sites for hydroxylation is 1. The molecule has 2 aromatic rings. The van der Waals surface area contributed by atoms with Crippen molar-refractivity contribution in [3.63, 3.8) is 0 Å². The van der Waals surface area contributed by atoms with Crippen LogP contribution >= 0.6 is 0 Å². The molecule has 0 fully saturated rings. The summed E-state index contributed by atoms with van der Waals surface area (Å²) in [5.41, 5.74) is 1.89. The summed E-state index contributed by atoms with van der Waals surface area (Å²) in [7, 11) is 0. The number of rotatable bonds is 1. The molecular formula is C11H10LiNO2. The Morgan fingerprint density at radius 1 is 1.33 bits per heavy atom. The molecule has 0 spiro atoms. The van der Waals surface area contributed by atoms with Crippen molar-refractivity contribution in [3.05, 3.63) is 41.6 Å². The molecule has 0 saturated carbocycles. The Morgan fingerprint density at radius 2 is 2.00 bits per heavy atom. The molecule has 1 N–H and O–H groups in total. The number of carboxylic acid groups (broad SMARTS) is 1. The minimum atomic E-state index is -0.921. The van der Waals surface area contributed by atoms with Gasteiger partial charge >= 0.3 is 24.8 Å². The van der Waals surface area contributed by atoms with E-state index in [1.165, 1.54) is 0 Å². The molecule has 0 unspecified atom stereocenters. The van der Waals surface area contributed by atoms with E-state index in [-0.39, 0.29) is 25.9 Å². The first-order valence-electron chi connectivity index (χ1n) is 4.27. The molecule has 0 aliphatic rings. The molecule has 0 amide bonds. The van der Waals surface area contributed by atoms with Crippen molar-refractivity contribution in [1.82, 2.24) is 4.98 Å². The first kappa shape index (κ1) is 11.8. The average molecular weight is 195 g/mol. The molecule has 0 aliphatic carbocycles. The summed E-state index contributed by atoms with van der Waals surface area (Å²) in [5.74, 6) is -0.921. The number of hydrogen-bond acceptors (Lipinski definition) is 2. The predicted octanol–water partition coefficient (Wildman–Crippen LogP) is -0.642. The summed E-state index contributed by atoms with van der Waals surface area (Å²) in [5, 5.41) is 9.74. The number of pyridine rings is 1. The van der Waals surface area contributed by atoms with Crippen molar-refractivity contribution in [2.45, 2.75) is 6.92 Å². The van der Waals surface area contributed by atoms with E-state index in [1.54, 1.807) is 18.2 Å². The van der Waals surface area contributed by atoms with Crippen LogP contribution in [0.1, 0.15) is 17.5 Å². The van der Waals surface area contributed by atoms with Gasteiger partial charge in [-0.05, 0) is 25.1 Å². The maximum absolute atomic E-state index is 10.7. The Labute approximate surface area is 101 Å². The van der Waals surface area contributed by atoms with Gasteiger partial charge in [0.1, 0.15) is 0 Å². The van der Waals surface area contributed by atoms with Crippen LogP contribution in [-0.2, 0) is 0 Å². The van der Waals surface area contributed by atoms with Gasteiger partial charge in [0.05, 0.1) is 11.1 Å². The molecule has 0 saturated heterocycles. The van der Waals surface area contributed by atoms with Gasteiger partial charge in [-0.3, -0.25) is 4.98 Å². The van der Waals surface area contributed by atoms with Gasteiger partial charge in [0.25, 0.3) is 0 Å². The van der Waals surface area contributed by atoms with Crippen LogP contribution < -0.4 is 18.9 Å². The smallest absolute Gasteiger partial charge is 1.00 e. The van der Waals surface area contributed by atoms with Gasteiger partial charge in [0.2, 0.25) is 0 Å². The van der Waals surface area contributed by atoms with Crippen molar-refractivity contribution in [2.24, 2.45) is 0 Å². The number of nitrogens with zero attached hydrogens (tertiary/aromatic N) is 1. The van der Waals surface area contributed by atoms with Crippen LogP contribution in [0.2, 0.25) is 0 Å². The normalized spacial score (nSPS) is 9.67. The minimum Gasteiger partial charge on any atom is -1.00 e. The number of aromatic nitrogens is 1. The molecule has 1 aromatic carbocycles. The van der Waals surface area contributed by atoms with Crippen molar-refractivity contribution >= 4 is 16.9 Å². The fourth-order valence-electron chi connectivity index (χ4n) is 1.35. The van der Waals surface area contributed by atoms with Crippen molar-refractivity contribution in [1.29, 1.82) is 0 Å². The van der Waals surface area contributed by atoms with Crippen LogP contribution in [0.3, 0.4) is 0 Å². The topological polar surface area (TPSA) is 50.2 Å². The fraction of sp³-hybridized carbons (Fsp3) is 0.0909. The molecule has 4 heteroatoms. The second-order valence-corrected chi connectivity index (χ2v) is 3.17. The monoisotopic (exact) mass is 195 g/mol. The SMILES string of the molecule is Cc1ccc2ccc(C(=O)O)cc2n1.[H-].[Li+]. The van der Waals surface area contributed by atoms with Crippen LogP contribution in [0.4, 0.5) is 0 Å². The van der Waals surface area contributed by atoms with Gasteiger partial charge in [0.15, 0.2) is 0 Å². The van der Waals surface area contributed by atoms with E-state index in [1.807, 2.05) is 19.1 Å². The van der Waals surface area contributed by atoms with Gasteiger partial charge < -0.3 is 6.53 Å². The molecule has 0 bridgehead atoms. The maximum atomic E-state index is 10.7. The summed E-state index contributed by atoms with van der Waals surface area (Å²) in [6, 6.07) is 8.78. The number of aromatic carboxylic acids is 1. The zero-order valence-electron chi connectivity index (χ0n) is 9.69. The van der Waals surface area contributed by atoms with Gasteiger partial charge in [-0.1, -0.05) is 12.1 Å². The second-order valence-electron chi connectivity index (χ2n) is 3.17. The molecule has 0 radical (unpaired) electrons. The van der Waals surface area contributed by atoms with Crippen molar-refractivity contribution < 1.29 is 30.2 Å². The zero-order chi connectivity index (χ0) is 10.1. The summed E-state index contributed by atoms with van der Waals surface area (Å²) in [6.45, 7) is 1.88. The Bertz CT molecular complexity index is 516. The Morgan fingerprint density at radius 3 is 2.67 bits per heavy atom. The fourth-order valence-corrected chi connectivity index (χ4v) is 1.35. The van der Waals surface area contributed by atoms with Gasteiger partial charge in [-0.15, -0.1) is 0 Å². The molecule has 72 valence electrons. The Balaban J connectivity index is 0.00000112. The number of hydrogen-bond donors (Lipinski definition) is 1.